The highest BCUT2D eigenvalue weighted by molar-refractivity contribution is 5.81. The summed E-state index contributed by atoms with van der Waals surface area (Å²) in [5, 5.41) is 3.02. The molecule has 0 heterocycles. The van der Waals surface area contributed by atoms with Crippen molar-refractivity contribution in [1.29, 1.82) is 0 Å². The van der Waals surface area contributed by atoms with Crippen LogP contribution in [-0.2, 0) is 4.79 Å². The van der Waals surface area contributed by atoms with E-state index in [1.807, 2.05) is 64.1 Å². The van der Waals surface area contributed by atoms with Crippen molar-refractivity contribution in [2.45, 2.75) is 46.3 Å². The molecule has 0 bridgehead atoms. The Hall–Kier alpha value is -2.69. The van der Waals surface area contributed by atoms with Crippen molar-refractivity contribution in [3.05, 3.63) is 53.1 Å². The van der Waals surface area contributed by atoms with Gasteiger partial charge in [-0.2, -0.15) is 0 Å². The number of hydrogen-bond donors (Lipinski definition) is 1. The molecule has 2 aromatic carbocycles. The van der Waals surface area contributed by atoms with Gasteiger partial charge >= 0.3 is 0 Å². The minimum atomic E-state index is -0.547. The molecule has 0 aliphatic rings. The number of hydrogen-bond acceptors (Lipinski definition) is 4. The van der Waals surface area contributed by atoms with E-state index in [2.05, 4.69) is 5.32 Å². The summed E-state index contributed by atoms with van der Waals surface area (Å²) in [5.74, 6) is 1.86. The zero-order valence-electron chi connectivity index (χ0n) is 17.0. The minimum Gasteiger partial charge on any atom is -0.493 e. The van der Waals surface area contributed by atoms with Gasteiger partial charge in [0.1, 0.15) is 5.75 Å². The molecule has 0 saturated heterocycles. The lowest BCUT2D eigenvalue weighted by molar-refractivity contribution is -0.128. The van der Waals surface area contributed by atoms with Crippen molar-refractivity contribution in [3.63, 3.8) is 0 Å². The fraction of sp³-hybridized carbons (Fsp3) is 0.409. The highest BCUT2D eigenvalue weighted by Gasteiger charge is 2.21. The Morgan fingerprint density at radius 2 is 1.70 bits per heavy atom. The number of aryl methyl sites for hydroxylation is 2. The maximum Gasteiger partial charge on any atom is 0.261 e. The molecule has 5 nitrogen and oxygen atoms in total. The molecule has 0 saturated carbocycles. The van der Waals surface area contributed by atoms with Crippen LogP contribution in [0.25, 0.3) is 0 Å². The molecule has 0 aromatic heterocycles. The Balaban J connectivity index is 2.07. The van der Waals surface area contributed by atoms with Gasteiger partial charge in [-0.15, -0.1) is 0 Å². The number of carbonyl (C=O) groups excluding carboxylic acids is 1. The van der Waals surface area contributed by atoms with Crippen LogP contribution in [0, 0.1) is 13.8 Å². The van der Waals surface area contributed by atoms with Crippen LogP contribution in [0.15, 0.2) is 36.4 Å². The topological polar surface area (TPSA) is 56.8 Å². The van der Waals surface area contributed by atoms with Gasteiger partial charge in [0.05, 0.1) is 20.3 Å². The van der Waals surface area contributed by atoms with Crippen molar-refractivity contribution < 1.29 is 19.0 Å². The zero-order chi connectivity index (χ0) is 20.0. The highest BCUT2D eigenvalue weighted by atomic mass is 16.5. The summed E-state index contributed by atoms with van der Waals surface area (Å²) in [5.41, 5.74) is 3.27. The lowest BCUT2D eigenvalue weighted by Crippen LogP contribution is -2.39. The minimum absolute atomic E-state index is 0.141. The lowest BCUT2D eigenvalue weighted by Gasteiger charge is -2.21. The van der Waals surface area contributed by atoms with E-state index in [1.54, 1.807) is 14.2 Å². The maximum absolute atomic E-state index is 12.7. The van der Waals surface area contributed by atoms with Crippen LogP contribution in [0.2, 0.25) is 0 Å². The second kappa shape index (κ2) is 9.31. The third-order valence-corrected chi connectivity index (χ3v) is 4.69. The van der Waals surface area contributed by atoms with Crippen LogP contribution >= 0.6 is 0 Å². The van der Waals surface area contributed by atoms with Crippen LogP contribution < -0.4 is 19.5 Å². The molecule has 1 N–H and O–H groups in total. The summed E-state index contributed by atoms with van der Waals surface area (Å²) in [6.45, 7) is 7.95. The second-order valence-corrected chi connectivity index (χ2v) is 6.61. The van der Waals surface area contributed by atoms with Gasteiger partial charge in [-0.25, -0.2) is 0 Å². The van der Waals surface area contributed by atoms with Crippen molar-refractivity contribution >= 4 is 5.91 Å². The predicted molar refractivity (Wildman–Crippen MR) is 107 cm³/mol. The fourth-order valence-electron chi connectivity index (χ4n) is 2.79. The lowest BCUT2D eigenvalue weighted by atomic mass is 10.1. The second-order valence-electron chi connectivity index (χ2n) is 6.61. The predicted octanol–water partition coefficient (Wildman–Crippen LogP) is 4.36. The van der Waals surface area contributed by atoms with Gasteiger partial charge in [-0.3, -0.25) is 4.79 Å². The molecule has 2 atom stereocenters. The summed E-state index contributed by atoms with van der Waals surface area (Å²) in [7, 11) is 3.19. The first-order valence-corrected chi connectivity index (χ1v) is 9.15. The third-order valence-electron chi connectivity index (χ3n) is 4.69. The van der Waals surface area contributed by atoms with Crippen molar-refractivity contribution in [2.24, 2.45) is 0 Å². The molecule has 2 aromatic rings. The van der Waals surface area contributed by atoms with Gasteiger partial charge in [0.25, 0.3) is 5.91 Å². The summed E-state index contributed by atoms with van der Waals surface area (Å²) in [6.07, 6.45) is 0.0342. The van der Waals surface area contributed by atoms with E-state index in [9.17, 15) is 4.79 Å². The Kier molecular flexibility index (Phi) is 7.11. The SMILES string of the molecule is CC[C@@H](Oc1ccc(C)c(C)c1)C(=O)N[C@@H](C)c1ccc(OC)c(OC)c1. The van der Waals surface area contributed by atoms with Crippen LogP contribution in [-0.4, -0.2) is 26.2 Å². The maximum atomic E-state index is 12.7. The first-order valence-electron chi connectivity index (χ1n) is 9.15. The number of methoxy groups -OCH3 is 2. The van der Waals surface area contributed by atoms with Crippen molar-refractivity contribution in [2.75, 3.05) is 14.2 Å². The van der Waals surface area contributed by atoms with Crippen LogP contribution in [0.3, 0.4) is 0 Å². The largest absolute Gasteiger partial charge is 0.493 e. The summed E-state index contributed by atoms with van der Waals surface area (Å²) >= 11 is 0. The van der Waals surface area contributed by atoms with Crippen molar-refractivity contribution in [3.8, 4) is 17.2 Å². The standard InChI is InChI=1S/C22H29NO4/c1-7-19(27-18-10-8-14(2)15(3)12-18)22(24)23-16(4)17-9-11-20(25-5)21(13-17)26-6/h8-13,16,19H,7H2,1-6H3,(H,23,24)/t16-,19+/m0/s1. The van der Waals surface area contributed by atoms with Gasteiger partial charge in [-0.05, 0) is 68.1 Å². The highest BCUT2D eigenvalue weighted by Crippen LogP contribution is 2.30. The normalized spacial score (nSPS) is 12.8. The first-order chi connectivity index (χ1) is 12.9. The molecule has 1 amide bonds. The first kappa shape index (κ1) is 20.6. The molecular formula is C22H29NO4. The number of amides is 1. The van der Waals surface area contributed by atoms with E-state index >= 15 is 0 Å². The number of rotatable bonds is 8. The van der Waals surface area contributed by atoms with E-state index < -0.39 is 6.10 Å². The van der Waals surface area contributed by atoms with Gasteiger partial charge in [0.2, 0.25) is 0 Å². The Morgan fingerprint density at radius 3 is 2.30 bits per heavy atom. The average Bonchev–Trinajstić information content (AvgIpc) is 2.67. The average molecular weight is 371 g/mol. The molecule has 0 aliphatic heterocycles. The third kappa shape index (κ3) is 5.16. The Bertz CT molecular complexity index is 788. The molecule has 0 fully saturated rings. The Morgan fingerprint density at radius 1 is 1.00 bits per heavy atom. The molecule has 5 heteroatoms. The van der Waals surface area contributed by atoms with Crippen LogP contribution in [0.5, 0.6) is 17.2 Å². The molecule has 0 aliphatic carbocycles. The summed E-state index contributed by atoms with van der Waals surface area (Å²) in [6, 6.07) is 11.3. The molecule has 0 unspecified atom stereocenters. The number of carbonyl (C=O) groups is 1. The van der Waals surface area contributed by atoms with Gasteiger partial charge in [-0.1, -0.05) is 19.1 Å². The molecule has 146 valence electrons. The van der Waals surface area contributed by atoms with Crippen LogP contribution in [0.1, 0.15) is 43.0 Å². The van der Waals surface area contributed by atoms with Gasteiger partial charge in [0, 0.05) is 0 Å². The van der Waals surface area contributed by atoms with E-state index in [1.165, 1.54) is 5.56 Å². The molecule has 2 rings (SSSR count). The molecule has 0 spiro atoms. The summed E-state index contributed by atoms with van der Waals surface area (Å²) in [4.78, 5) is 12.7. The van der Waals surface area contributed by atoms with Gasteiger partial charge < -0.3 is 19.5 Å². The smallest absolute Gasteiger partial charge is 0.261 e. The quantitative estimate of drug-likeness (QED) is 0.749. The molecule has 0 radical (unpaired) electrons. The molecule has 27 heavy (non-hydrogen) atoms. The van der Waals surface area contributed by atoms with Gasteiger partial charge in [0.15, 0.2) is 17.6 Å². The fourth-order valence-corrected chi connectivity index (χ4v) is 2.79. The van der Waals surface area contributed by atoms with E-state index in [-0.39, 0.29) is 11.9 Å². The number of nitrogens with one attached hydrogen (secondary N) is 1. The monoisotopic (exact) mass is 371 g/mol. The van der Waals surface area contributed by atoms with E-state index in [4.69, 9.17) is 14.2 Å². The van der Waals surface area contributed by atoms with Crippen LogP contribution in [0.4, 0.5) is 0 Å². The summed E-state index contributed by atoms with van der Waals surface area (Å²) < 4.78 is 16.5. The number of benzene rings is 2. The number of ether oxygens (including phenoxy) is 3. The van der Waals surface area contributed by atoms with E-state index in [0.29, 0.717) is 23.7 Å². The molecular weight excluding hydrogens is 342 g/mol. The van der Waals surface area contributed by atoms with E-state index in [0.717, 1.165) is 11.1 Å². The van der Waals surface area contributed by atoms with Crippen molar-refractivity contribution in [1.82, 2.24) is 5.32 Å². The Labute approximate surface area is 161 Å². The zero-order valence-corrected chi connectivity index (χ0v) is 17.0.